The standard InChI is InChI=1S/C21H24N2O5/c24-20(27-14-17-7-3-1-4-8-17)22-19-11-12-26-16-23(13-19)21(25)28-15-18-9-5-2-6-10-18/h1-10,19H,11-16H2,(H,22,24)/t19-/m0/s1. The van der Waals surface area contributed by atoms with E-state index in [1.54, 1.807) is 0 Å². The van der Waals surface area contributed by atoms with Gasteiger partial charge in [-0.1, -0.05) is 60.7 Å². The molecule has 0 aromatic heterocycles. The number of alkyl carbamates (subject to hydrolysis) is 1. The van der Waals surface area contributed by atoms with Crippen LogP contribution in [-0.2, 0) is 27.4 Å². The number of amides is 2. The number of benzene rings is 2. The highest BCUT2D eigenvalue weighted by Crippen LogP contribution is 2.09. The zero-order valence-corrected chi connectivity index (χ0v) is 15.6. The van der Waals surface area contributed by atoms with E-state index in [1.807, 2.05) is 60.7 Å². The van der Waals surface area contributed by atoms with Crippen molar-refractivity contribution in [3.05, 3.63) is 71.8 Å². The first kappa shape index (κ1) is 19.7. The Morgan fingerprint density at radius 1 is 0.964 bits per heavy atom. The molecule has 0 unspecified atom stereocenters. The van der Waals surface area contributed by atoms with Crippen molar-refractivity contribution in [2.24, 2.45) is 0 Å². The van der Waals surface area contributed by atoms with Gasteiger partial charge >= 0.3 is 12.2 Å². The number of nitrogens with one attached hydrogen (secondary N) is 1. The van der Waals surface area contributed by atoms with Crippen LogP contribution in [0, 0.1) is 0 Å². The molecule has 0 radical (unpaired) electrons. The van der Waals surface area contributed by atoms with Crippen LogP contribution >= 0.6 is 0 Å². The molecule has 1 heterocycles. The van der Waals surface area contributed by atoms with Gasteiger partial charge in [0.25, 0.3) is 0 Å². The van der Waals surface area contributed by atoms with Gasteiger partial charge in [-0.25, -0.2) is 9.59 Å². The molecular weight excluding hydrogens is 360 g/mol. The summed E-state index contributed by atoms with van der Waals surface area (Å²) in [4.78, 5) is 25.9. The van der Waals surface area contributed by atoms with E-state index in [0.717, 1.165) is 11.1 Å². The van der Waals surface area contributed by atoms with E-state index in [0.29, 0.717) is 19.6 Å². The number of nitrogens with zero attached hydrogens (tertiary/aromatic N) is 1. The number of hydrogen-bond acceptors (Lipinski definition) is 5. The maximum Gasteiger partial charge on any atom is 0.412 e. The summed E-state index contributed by atoms with van der Waals surface area (Å²) in [6.07, 6.45) is -0.410. The van der Waals surface area contributed by atoms with E-state index >= 15 is 0 Å². The molecule has 0 aliphatic carbocycles. The lowest BCUT2D eigenvalue weighted by molar-refractivity contribution is 0.0316. The van der Waals surface area contributed by atoms with Gasteiger partial charge in [-0.05, 0) is 17.5 Å². The molecule has 7 nitrogen and oxygen atoms in total. The molecule has 3 rings (SSSR count). The Labute approximate surface area is 164 Å². The zero-order valence-electron chi connectivity index (χ0n) is 15.6. The van der Waals surface area contributed by atoms with Gasteiger partial charge in [0.05, 0.1) is 12.6 Å². The van der Waals surface area contributed by atoms with Crippen molar-refractivity contribution in [2.45, 2.75) is 25.7 Å². The highest BCUT2D eigenvalue weighted by atomic mass is 16.6. The summed E-state index contributed by atoms with van der Waals surface area (Å²) >= 11 is 0. The number of carbonyl (C=O) groups excluding carboxylic acids is 2. The predicted molar refractivity (Wildman–Crippen MR) is 102 cm³/mol. The Kier molecular flexibility index (Phi) is 7.26. The number of hydrogen-bond donors (Lipinski definition) is 1. The van der Waals surface area contributed by atoms with E-state index in [2.05, 4.69) is 5.32 Å². The van der Waals surface area contributed by atoms with Crippen LogP contribution < -0.4 is 5.32 Å². The molecule has 1 aliphatic rings. The quantitative estimate of drug-likeness (QED) is 0.856. The van der Waals surface area contributed by atoms with Gasteiger partial charge in [0.2, 0.25) is 0 Å². The topological polar surface area (TPSA) is 77.1 Å². The van der Waals surface area contributed by atoms with Gasteiger partial charge in [-0.3, -0.25) is 4.90 Å². The maximum atomic E-state index is 12.3. The summed E-state index contributed by atoms with van der Waals surface area (Å²) in [5, 5.41) is 2.80. The van der Waals surface area contributed by atoms with E-state index in [1.165, 1.54) is 4.90 Å². The van der Waals surface area contributed by atoms with Gasteiger partial charge in [0, 0.05) is 6.54 Å². The van der Waals surface area contributed by atoms with E-state index in [4.69, 9.17) is 14.2 Å². The fourth-order valence-corrected chi connectivity index (χ4v) is 2.80. The predicted octanol–water partition coefficient (Wildman–Crippen LogP) is 3.30. The van der Waals surface area contributed by atoms with Crippen molar-refractivity contribution >= 4 is 12.2 Å². The second-order valence-electron chi connectivity index (χ2n) is 6.49. The summed E-state index contributed by atoms with van der Waals surface area (Å²) in [6, 6.07) is 18.6. The molecule has 2 aromatic rings. The van der Waals surface area contributed by atoms with Crippen molar-refractivity contribution in [1.82, 2.24) is 10.2 Å². The molecule has 0 bridgehead atoms. The second kappa shape index (κ2) is 10.3. The van der Waals surface area contributed by atoms with Gasteiger partial charge in [-0.2, -0.15) is 0 Å². The molecule has 148 valence electrons. The summed E-state index contributed by atoms with van der Waals surface area (Å²) in [7, 11) is 0. The Balaban J connectivity index is 1.46. The summed E-state index contributed by atoms with van der Waals surface area (Å²) in [5.41, 5.74) is 1.82. The molecular formula is C21H24N2O5. The molecule has 1 aliphatic heterocycles. The number of ether oxygens (including phenoxy) is 3. The average molecular weight is 384 g/mol. The van der Waals surface area contributed by atoms with Crippen molar-refractivity contribution in [3.63, 3.8) is 0 Å². The molecule has 2 aromatic carbocycles. The lowest BCUT2D eigenvalue weighted by Gasteiger charge is -2.23. The number of carbonyl (C=O) groups is 2. The van der Waals surface area contributed by atoms with Crippen LogP contribution in [0.3, 0.4) is 0 Å². The van der Waals surface area contributed by atoms with Crippen molar-refractivity contribution in [3.8, 4) is 0 Å². The van der Waals surface area contributed by atoms with Crippen molar-refractivity contribution in [1.29, 1.82) is 0 Å². The molecule has 0 spiro atoms. The summed E-state index contributed by atoms with van der Waals surface area (Å²) < 4.78 is 16.0. The van der Waals surface area contributed by atoms with Crippen LogP contribution in [0.25, 0.3) is 0 Å². The van der Waals surface area contributed by atoms with Crippen LogP contribution in [0.1, 0.15) is 17.5 Å². The normalized spacial score (nSPS) is 16.7. The largest absolute Gasteiger partial charge is 0.445 e. The van der Waals surface area contributed by atoms with Gasteiger partial charge in [0.1, 0.15) is 19.9 Å². The summed E-state index contributed by atoms with van der Waals surface area (Å²) in [5.74, 6) is 0. The zero-order chi connectivity index (χ0) is 19.6. The third kappa shape index (κ3) is 6.28. The average Bonchev–Trinajstić information content (AvgIpc) is 2.97. The molecule has 7 heteroatoms. The molecule has 1 N–H and O–H groups in total. The Hall–Kier alpha value is -3.06. The van der Waals surface area contributed by atoms with Crippen molar-refractivity contribution < 1.29 is 23.8 Å². The van der Waals surface area contributed by atoms with Crippen LogP contribution in [0.15, 0.2) is 60.7 Å². The smallest absolute Gasteiger partial charge is 0.412 e. The van der Waals surface area contributed by atoms with Gasteiger partial charge < -0.3 is 19.5 Å². The fourth-order valence-electron chi connectivity index (χ4n) is 2.80. The summed E-state index contributed by atoms with van der Waals surface area (Å²) in [6.45, 7) is 1.25. The lowest BCUT2D eigenvalue weighted by Crippen LogP contribution is -2.45. The van der Waals surface area contributed by atoms with Gasteiger partial charge in [-0.15, -0.1) is 0 Å². The second-order valence-corrected chi connectivity index (χ2v) is 6.49. The first-order valence-corrected chi connectivity index (χ1v) is 9.21. The molecule has 1 atom stereocenters. The minimum absolute atomic E-state index is 0.130. The molecule has 1 saturated heterocycles. The van der Waals surface area contributed by atoms with Crippen LogP contribution in [0.2, 0.25) is 0 Å². The van der Waals surface area contributed by atoms with Crippen LogP contribution in [-0.4, -0.2) is 43.0 Å². The van der Waals surface area contributed by atoms with Gasteiger partial charge in [0.15, 0.2) is 0 Å². The third-order valence-electron chi connectivity index (χ3n) is 4.30. The minimum atomic E-state index is -0.520. The highest BCUT2D eigenvalue weighted by Gasteiger charge is 2.25. The number of rotatable bonds is 5. The van der Waals surface area contributed by atoms with E-state index < -0.39 is 12.2 Å². The highest BCUT2D eigenvalue weighted by molar-refractivity contribution is 5.69. The minimum Gasteiger partial charge on any atom is -0.445 e. The first-order valence-electron chi connectivity index (χ1n) is 9.21. The molecule has 0 saturated carbocycles. The Bertz CT molecular complexity index is 754. The van der Waals surface area contributed by atoms with Crippen LogP contribution in [0.4, 0.5) is 9.59 Å². The molecule has 28 heavy (non-hydrogen) atoms. The first-order chi connectivity index (χ1) is 13.7. The van der Waals surface area contributed by atoms with Crippen molar-refractivity contribution in [2.75, 3.05) is 19.9 Å². The Morgan fingerprint density at radius 2 is 1.57 bits per heavy atom. The van der Waals surface area contributed by atoms with Crippen LogP contribution in [0.5, 0.6) is 0 Å². The third-order valence-corrected chi connectivity index (χ3v) is 4.30. The fraction of sp³-hybridized carbons (Fsp3) is 0.333. The lowest BCUT2D eigenvalue weighted by atomic mass is 10.2. The van der Waals surface area contributed by atoms with E-state index in [9.17, 15) is 9.59 Å². The molecule has 1 fully saturated rings. The molecule has 2 amide bonds. The SMILES string of the molecule is O=C(N[C@H]1CCOCN(C(=O)OCc2ccccc2)C1)OCc1ccccc1. The van der Waals surface area contributed by atoms with E-state index in [-0.39, 0.29) is 26.0 Å². The maximum absolute atomic E-state index is 12.3. The Morgan fingerprint density at radius 3 is 2.21 bits per heavy atom. The monoisotopic (exact) mass is 384 g/mol.